The van der Waals surface area contributed by atoms with Crippen molar-refractivity contribution in [2.75, 3.05) is 0 Å². The maximum absolute atomic E-state index is 11.3. The molecule has 0 saturated heterocycles. The van der Waals surface area contributed by atoms with E-state index >= 15 is 0 Å². The lowest BCUT2D eigenvalue weighted by atomic mass is 10.0. The van der Waals surface area contributed by atoms with Gasteiger partial charge in [0.2, 0.25) is 0 Å². The highest BCUT2D eigenvalue weighted by atomic mass is 79.9. The van der Waals surface area contributed by atoms with Crippen molar-refractivity contribution in [3.8, 4) is 11.5 Å². The molecule has 0 unspecified atom stereocenters. The Balaban J connectivity index is 2.49. The zero-order valence-corrected chi connectivity index (χ0v) is 13.8. The van der Waals surface area contributed by atoms with Crippen molar-refractivity contribution in [3.05, 3.63) is 57.6 Å². The van der Waals surface area contributed by atoms with Gasteiger partial charge in [-0.1, -0.05) is 41.9 Å². The summed E-state index contributed by atoms with van der Waals surface area (Å²) in [6.45, 7) is 6.14. The number of aromatic carboxylic acids is 1. The van der Waals surface area contributed by atoms with E-state index in [1.54, 1.807) is 12.1 Å². The average molecular weight is 349 g/mol. The minimum absolute atomic E-state index is 0.148. The molecular formula is C17H17BrO3. The van der Waals surface area contributed by atoms with Gasteiger partial charge in [0, 0.05) is 4.47 Å². The number of aryl methyl sites for hydroxylation is 1. The lowest BCUT2D eigenvalue weighted by Gasteiger charge is -2.16. The maximum Gasteiger partial charge on any atom is 0.339 e. The van der Waals surface area contributed by atoms with E-state index in [4.69, 9.17) is 4.74 Å². The molecule has 0 aliphatic heterocycles. The molecule has 0 atom stereocenters. The Morgan fingerprint density at radius 3 is 2.48 bits per heavy atom. The second-order valence-electron chi connectivity index (χ2n) is 5.24. The SMILES string of the molecule is Cc1ccc(C(C)C)c(Oc2cc(Br)ccc2C(=O)O)c1. The van der Waals surface area contributed by atoms with Gasteiger partial charge < -0.3 is 9.84 Å². The zero-order valence-electron chi connectivity index (χ0n) is 12.2. The Kier molecular flexibility index (Phi) is 4.68. The molecule has 0 aliphatic carbocycles. The predicted octanol–water partition coefficient (Wildman–Crippen LogP) is 5.37. The second kappa shape index (κ2) is 6.31. The standard InChI is InChI=1S/C17H17BrO3/c1-10(2)13-6-4-11(3)8-15(13)21-16-9-12(18)5-7-14(16)17(19)20/h4-10H,1-3H3,(H,19,20). The van der Waals surface area contributed by atoms with Gasteiger partial charge in [-0.05, 0) is 48.2 Å². The van der Waals surface area contributed by atoms with Crippen molar-refractivity contribution in [2.24, 2.45) is 0 Å². The van der Waals surface area contributed by atoms with Gasteiger partial charge >= 0.3 is 5.97 Å². The third-order valence-corrected chi connectivity index (χ3v) is 3.68. The van der Waals surface area contributed by atoms with Crippen molar-refractivity contribution < 1.29 is 14.6 Å². The average Bonchev–Trinajstić information content (AvgIpc) is 2.38. The molecular weight excluding hydrogens is 332 g/mol. The first-order valence-corrected chi connectivity index (χ1v) is 7.49. The van der Waals surface area contributed by atoms with Crippen molar-refractivity contribution in [3.63, 3.8) is 0 Å². The van der Waals surface area contributed by atoms with Gasteiger partial charge in [-0.15, -0.1) is 0 Å². The minimum Gasteiger partial charge on any atom is -0.478 e. The summed E-state index contributed by atoms with van der Waals surface area (Å²) in [7, 11) is 0. The minimum atomic E-state index is -1.00. The van der Waals surface area contributed by atoms with E-state index in [2.05, 4.69) is 29.8 Å². The van der Waals surface area contributed by atoms with Crippen LogP contribution < -0.4 is 4.74 Å². The van der Waals surface area contributed by atoms with Crippen LogP contribution in [0.25, 0.3) is 0 Å². The fourth-order valence-corrected chi connectivity index (χ4v) is 2.42. The van der Waals surface area contributed by atoms with E-state index < -0.39 is 5.97 Å². The molecule has 0 bridgehead atoms. The van der Waals surface area contributed by atoms with Crippen LogP contribution in [0.3, 0.4) is 0 Å². The molecule has 0 heterocycles. The van der Waals surface area contributed by atoms with E-state index in [1.165, 1.54) is 6.07 Å². The number of carboxylic acid groups (broad SMARTS) is 1. The number of benzene rings is 2. The first kappa shape index (κ1) is 15.6. The van der Waals surface area contributed by atoms with Crippen LogP contribution >= 0.6 is 15.9 Å². The maximum atomic E-state index is 11.3. The molecule has 110 valence electrons. The first-order chi connectivity index (χ1) is 9.88. The summed E-state index contributed by atoms with van der Waals surface area (Å²) in [6, 6.07) is 10.9. The van der Waals surface area contributed by atoms with E-state index in [1.807, 2.05) is 25.1 Å². The Morgan fingerprint density at radius 1 is 1.14 bits per heavy atom. The molecule has 0 amide bonds. The number of hydrogen-bond acceptors (Lipinski definition) is 2. The van der Waals surface area contributed by atoms with E-state index in [0.717, 1.165) is 15.6 Å². The van der Waals surface area contributed by atoms with Gasteiger partial charge in [-0.2, -0.15) is 0 Å². The molecule has 0 saturated carbocycles. The zero-order chi connectivity index (χ0) is 15.6. The van der Waals surface area contributed by atoms with Crippen LogP contribution in [0, 0.1) is 6.92 Å². The van der Waals surface area contributed by atoms with Gasteiger partial charge in [0.15, 0.2) is 0 Å². The Bertz CT molecular complexity index is 678. The van der Waals surface area contributed by atoms with Gasteiger partial charge in [-0.3, -0.25) is 0 Å². The first-order valence-electron chi connectivity index (χ1n) is 6.69. The van der Waals surface area contributed by atoms with Crippen LogP contribution in [-0.4, -0.2) is 11.1 Å². The predicted molar refractivity (Wildman–Crippen MR) is 86.4 cm³/mol. The monoisotopic (exact) mass is 348 g/mol. The molecule has 2 aromatic rings. The van der Waals surface area contributed by atoms with Crippen LogP contribution in [0.1, 0.15) is 41.3 Å². The van der Waals surface area contributed by atoms with Crippen LogP contribution in [0.5, 0.6) is 11.5 Å². The summed E-state index contributed by atoms with van der Waals surface area (Å²) >= 11 is 3.35. The smallest absolute Gasteiger partial charge is 0.339 e. The summed E-state index contributed by atoms with van der Waals surface area (Å²) in [4.78, 5) is 11.3. The third kappa shape index (κ3) is 3.64. The number of ether oxygens (including phenoxy) is 1. The number of carbonyl (C=O) groups is 1. The molecule has 21 heavy (non-hydrogen) atoms. The topological polar surface area (TPSA) is 46.5 Å². The number of halogens is 1. The molecule has 4 heteroatoms. The van der Waals surface area contributed by atoms with E-state index in [0.29, 0.717) is 17.4 Å². The van der Waals surface area contributed by atoms with Gasteiger partial charge in [0.25, 0.3) is 0 Å². The summed E-state index contributed by atoms with van der Waals surface area (Å²) < 4.78 is 6.69. The number of rotatable bonds is 4. The molecule has 0 aromatic heterocycles. The molecule has 2 aromatic carbocycles. The highest BCUT2D eigenvalue weighted by molar-refractivity contribution is 9.10. The van der Waals surface area contributed by atoms with Gasteiger partial charge in [0.05, 0.1) is 0 Å². The van der Waals surface area contributed by atoms with E-state index in [9.17, 15) is 9.90 Å². The highest BCUT2D eigenvalue weighted by Crippen LogP contribution is 2.34. The van der Waals surface area contributed by atoms with Crippen molar-refractivity contribution >= 4 is 21.9 Å². The van der Waals surface area contributed by atoms with Crippen molar-refractivity contribution in [1.29, 1.82) is 0 Å². The largest absolute Gasteiger partial charge is 0.478 e. The highest BCUT2D eigenvalue weighted by Gasteiger charge is 2.15. The van der Waals surface area contributed by atoms with Crippen LogP contribution in [0.2, 0.25) is 0 Å². The van der Waals surface area contributed by atoms with Crippen molar-refractivity contribution in [1.82, 2.24) is 0 Å². The summed E-state index contributed by atoms with van der Waals surface area (Å²) in [6.07, 6.45) is 0. The lowest BCUT2D eigenvalue weighted by Crippen LogP contribution is -2.02. The second-order valence-corrected chi connectivity index (χ2v) is 6.16. The third-order valence-electron chi connectivity index (χ3n) is 3.19. The number of carboxylic acids is 1. The molecule has 0 aliphatic rings. The molecule has 0 spiro atoms. The molecule has 0 radical (unpaired) electrons. The van der Waals surface area contributed by atoms with Gasteiger partial charge in [0.1, 0.15) is 17.1 Å². The summed E-state index contributed by atoms with van der Waals surface area (Å²) in [5.74, 6) is 0.326. The van der Waals surface area contributed by atoms with Crippen LogP contribution in [-0.2, 0) is 0 Å². The van der Waals surface area contributed by atoms with Crippen LogP contribution in [0.4, 0.5) is 0 Å². The Morgan fingerprint density at radius 2 is 1.86 bits per heavy atom. The quantitative estimate of drug-likeness (QED) is 0.807. The van der Waals surface area contributed by atoms with Crippen molar-refractivity contribution in [2.45, 2.75) is 26.7 Å². The number of hydrogen-bond donors (Lipinski definition) is 1. The Hall–Kier alpha value is -1.81. The molecule has 1 N–H and O–H groups in total. The van der Waals surface area contributed by atoms with Gasteiger partial charge in [-0.25, -0.2) is 4.79 Å². The molecule has 2 rings (SSSR count). The molecule has 3 nitrogen and oxygen atoms in total. The Labute approximate surface area is 132 Å². The lowest BCUT2D eigenvalue weighted by molar-refractivity contribution is 0.0694. The fourth-order valence-electron chi connectivity index (χ4n) is 2.08. The summed E-state index contributed by atoms with van der Waals surface area (Å²) in [5, 5.41) is 9.27. The van der Waals surface area contributed by atoms with Crippen LogP contribution in [0.15, 0.2) is 40.9 Å². The fraction of sp³-hybridized carbons (Fsp3) is 0.235. The molecule has 0 fully saturated rings. The van der Waals surface area contributed by atoms with E-state index in [-0.39, 0.29) is 5.56 Å². The summed E-state index contributed by atoms with van der Waals surface area (Å²) in [5.41, 5.74) is 2.27. The normalized spacial score (nSPS) is 10.7.